The van der Waals surface area contributed by atoms with Gasteiger partial charge in [-0.15, -0.1) is 0 Å². The van der Waals surface area contributed by atoms with Crippen LogP contribution in [0.2, 0.25) is 0 Å². The summed E-state index contributed by atoms with van der Waals surface area (Å²) in [5.74, 6) is 5.77. The van der Waals surface area contributed by atoms with Crippen LogP contribution in [0.15, 0.2) is 24.3 Å². The Hall–Kier alpha value is -0.900. The smallest absolute Gasteiger partial charge is 0.0847 e. The van der Waals surface area contributed by atoms with Crippen molar-refractivity contribution in [1.29, 1.82) is 0 Å². The highest BCUT2D eigenvalue weighted by molar-refractivity contribution is 5.23. The van der Waals surface area contributed by atoms with Gasteiger partial charge in [-0.1, -0.05) is 42.7 Å². The Balaban J connectivity index is 2.13. The van der Waals surface area contributed by atoms with E-state index in [0.717, 1.165) is 19.3 Å². The average molecular weight is 248 g/mol. The van der Waals surface area contributed by atoms with E-state index in [1.165, 1.54) is 24.0 Å². The number of hydrogen-bond acceptors (Lipinski definition) is 3. The first-order chi connectivity index (χ1) is 8.70. The monoisotopic (exact) mass is 248 g/mol. The highest BCUT2D eigenvalue weighted by atomic mass is 16.5. The molecule has 1 fully saturated rings. The van der Waals surface area contributed by atoms with Gasteiger partial charge in [0.15, 0.2) is 0 Å². The van der Waals surface area contributed by atoms with Gasteiger partial charge in [-0.2, -0.15) is 0 Å². The van der Waals surface area contributed by atoms with Gasteiger partial charge in [-0.05, 0) is 31.7 Å². The molecule has 100 valence electrons. The molecule has 1 aromatic rings. The van der Waals surface area contributed by atoms with E-state index in [2.05, 4.69) is 36.6 Å². The molecule has 18 heavy (non-hydrogen) atoms. The molecule has 1 atom stereocenters. The molecule has 3 heteroatoms. The topological polar surface area (TPSA) is 47.3 Å². The van der Waals surface area contributed by atoms with Gasteiger partial charge in [-0.25, -0.2) is 0 Å². The van der Waals surface area contributed by atoms with Gasteiger partial charge < -0.3 is 4.74 Å². The molecule has 1 unspecified atom stereocenters. The number of hydrazine groups is 1. The fourth-order valence-corrected chi connectivity index (χ4v) is 3.14. The van der Waals surface area contributed by atoms with Crippen LogP contribution in [0.25, 0.3) is 0 Å². The number of hydrogen-bond donors (Lipinski definition) is 2. The molecule has 1 aliphatic rings. The van der Waals surface area contributed by atoms with Crippen LogP contribution in [-0.2, 0) is 11.2 Å². The molecule has 0 saturated heterocycles. The van der Waals surface area contributed by atoms with Crippen LogP contribution in [0, 0.1) is 6.92 Å². The van der Waals surface area contributed by atoms with Crippen LogP contribution in [-0.4, -0.2) is 18.8 Å². The van der Waals surface area contributed by atoms with Crippen LogP contribution in [0.3, 0.4) is 0 Å². The lowest BCUT2D eigenvalue weighted by atomic mass is 9.87. The highest BCUT2D eigenvalue weighted by Crippen LogP contribution is 2.36. The second-order valence-electron chi connectivity index (χ2n) is 5.39. The molecule has 1 aliphatic carbocycles. The molecule has 0 aliphatic heterocycles. The van der Waals surface area contributed by atoms with Gasteiger partial charge in [0.05, 0.1) is 11.6 Å². The van der Waals surface area contributed by atoms with Gasteiger partial charge in [0, 0.05) is 7.11 Å². The molecule has 2 rings (SSSR count). The summed E-state index contributed by atoms with van der Waals surface area (Å²) in [4.78, 5) is 0. The van der Waals surface area contributed by atoms with Gasteiger partial charge in [-0.3, -0.25) is 11.3 Å². The standard InChI is InChI=1S/C15H24N2O/c1-12-6-5-7-13(10-12)11-14(17-16)15(18-2)8-3-4-9-15/h5-7,10,14,17H,3-4,8-9,11,16H2,1-2H3. The van der Waals surface area contributed by atoms with Crippen LogP contribution >= 0.6 is 0 Å². The minimum atomic E-state index is -0.0848. The number of benzene rings is 1. The predicted molar refractivity (Wildman–Crippen MR) is 74.2 cm³/mol. The minimum absolute atomic E-state index is 0.0848. The molecule has 1 aromatic carbocycles. The predicted octanol–water partition coefficient (Wildman–Crippen LogP) is 2.33. The zero-order valence-electron chi connectivity index (χ0n) is 11.4. The summed E-state index contributed by atoms with van der Waals surface area (Å²) in [6, 6.07) is 8.80. The quantitative estimate of drug-likeness (QED) is 0.621. The van der Waals surface area contributed by atoms with E-state index >= 15 is 0 Å². The van der Waals surface area contributed by atoms with Crippen LogP contribution in [0.1, 0.15) is 36.8 Å². The number of rotatable bonds is 5. The zero-order chi connectivity index (χ0) is 13.0. The summed E-state index contributed by atoms with van der Waals surface area (Å²) in [7, 11) is 1.81. The lowest BCUT2D eigenvalue weighted by molar-refractivity contribution is -0.0355. The van der Waals surface area contributed by atoms with E-state index in [1.54, 1.807) is 0 Å². The van der Waals surface area contributed by atoms with E-state index in [-0.39, 0.29) is 11.6 Å². The minimum Gasteiger partial charge on any atom is -0.377 e. The van der Waals surface area contributed by atoms with Crippen LogP contribution < -0.4 is 11.3 Å². The zero-order valence-corrected chi connectivity index (χ0v) is 11.4. The summed E-state index contributed by atoms with van der Waals surface area (Å²) in [6.07, 6.45) is 5.60. The molecule has 0 aromatic heterocycles. The highest BCUT2D eigenvalue weighted by Gasteiger charge is 2.41. The van der Waals surface area contributed by atoms with Crippen molar-refractivity contribution in [3.05, 3.63) is 35.4 Å². The third-order valence-corrected chi connectivity index (χ3v) is 4.21. The molecule has 3 N–H and O–H groups in total. The molecular weight excluding hydrogens is 224 g/mol. The number of methoxy groups -OCH3 is 1. The summed E-state index contributed by atoms with van der Waals surface area (Å²) in [5.41, 5.74) is 5.51. The number of aryl methyl sites for hydroxylation is 1. The van der Waals surface area contributed by atoms with E-state index in [9.17, 15) is 0 Å². The van der Waals surface area contributed by atoms with Gasteiger partial charge >= 0.3 is 0 Å². The first kappa shape index (κ1) is 13.5. The van der Waals surface area contributed by atoms with Crippen molar-refractivity contribution in [3.8, 4) is 0 Å². The maximum absolute atomic E-state index is 5.81. The fraction of sp³-hybridized carbons (Fsp3) is 0.600. The normalized spacial score (nSPS) is 19.9. The molecule has 0 bridgehead atoms. The Morgan fingerprint density at radius 1 is 1.39 bits per heavy atom. The van der Waals surface area contributed by atoms with Crippen molar-refractivity contribution in [2.75, 3.05) is 7.11 Å². The van der Waals surface area contributed by atoms with Crippen molar-refractivity contribution in [2.45, 2.75) is 50.7 Å². The summed E-state index contributed by atoms with van der Waals surface area (Å²) < 4.78 is 5.81. The number of nitrogens with one attached hydrogen (secondary N) is 1. The fourth-order valence-electron chi connectivity index (χ4n) is 3.14. The Labute approximate surface area is 110 Å². The van der Waals surface area contributed by atoms with Crippen molar-refractivity contribution >= 4 is 0 Å². The Kier molecular flexibility index (Phi) is 4.38. The van der Waals surface area contributed by atoms with E-state index < -0.39 is 0 Å². The third-order valence-electron chi connectivity index (χ3n) is 4.21. The Morgan fingerprint density at radius 2 is 2.11 bits per heavy atom. The van der Waals surface area contributed by atoms with Gasteiger partial charge in [0.25, 0.3) is 0 Å². The second kappa shape index (κ2) is 5.83. The number of ether oxygens (including phenoxy) is 1. The van der Waals surface area contributed by atoms with Gasteiger partial charge in [0.2, 0.25) is 0 Å². The number of nitrogens with two attached hydrogens (primary N) is 1. The molecule has 1 saturated carbocycles. The van der Waals surface area contributed by atoms with Gasteiger partial charge in [0.1, 0.15) is 0 Å². The lowest BCUT2D eigenvalue weighted by Crippen LogP contribution is -2.54. The van der Waals surface area contributed by atoms with Crippen LogP contribution in [0.5, 0.6) is 0 Å². The molecule has 0 amide bonds. The Bertz CT molecular complexity index is 386. The molecule has 0 spiro atoms. The largest absolute Gasteiger partial charge is 0.377 e. The summed E-state index contributed by atoms with van der Waals surface area (Å²) >= 11 is 0. The first-order valence-electron chi connectivity index (χ1n) is 6.77. The first-order valence-corrected chi connectivity index (χ1v) is 6.77. The Morgan fingerprint density at radius 3 is 2.67 bits per heavy atom. The van der Waals surface area contributed by atoms with Crippen molar-refractivity contribution < 1.29 is 4.74 Å². The molecule has 0 heterocycles. The SMILES string of the molecule is COC1(C(Cc2cccc(C)c2)NN)CCCC1. The molecular formula is C15H24N2O. The van der Waals surface area contributed by atoms with E-state index in [1.807, 2.05) is 7.11 Å². The van der Waals surface area contributed by atoms with Crippen molar-refractivity contribution in [2.24, 2.45) is 5.84 Å². The lowest BCUT2D eigenvalue weighted by Gasteiger charge is -2.36. The molecule has 3 nitrogen and oxygen atoms in total. The maximum Gasteiger partial charge on any atom is 0.0847 e. The summed E-state index contributed by atoms with van der Waals surface area (Å²) in [5, 5.41) is 0. The average Bonchev–Trinajstić information content (AvgIpc) is 2.86. The summed E-state index contributed by atoms with van der Waals surface area (Å²) in [6.45, 7) is 2.12. The third kappa shape index (κ3) is 2.74. The maximum atomic E-state index is 5.81. The molecule has 0 radical (unpaired) electrons. The van der Waals surface area contributed by atoms with E-state index in [4.69, 9.17) is 10.6 Å². The second-order valence-corrected chi connectivity index (χ2v) is 5.39. The van der Waals surface area contributed by atoms with Crippen molar-refractivity contribution in [3.63, 3.8) is 0 Å². The van der Waals surface area contributed by atoms with Crippen LogP contribution in [0.4, 0.5) is 0 Å². The van der Waals surface area contributed by atoms with Crippen molar-refractivity contribution in [1.82, 2.24) is 5.43 Å². The van der Waals surface area contributed by atoms with E-state index in [0.29, 0.717) is 0 Å².